The summed E-state index contributed by atoms with van der Waals surface area (Å²) >= 11 is 1.52. The Morgan fingerprint density at radius 2 is 2.16 bits per heavy atom. The van der Waals surface area contributed by atoms with Crippen molar-refractivity contribution in [2.45, 2.75) is 17.8 Å². The van der Waals surface area contributed by atoms with E-state index >= 15 is 0 Å². The maximum atomic E-state index is 8.62. The molecule has 0 radical (unpaired) electrons. The Kier molecular flexibility index (Phi) is 4.30. The Labute approximate surface area is 114 Å². The monoisotopic (exact) mass is 275 g/mol. The largest absolute Gasteiger partial charge is 0.409 e. The topological polar surface area (TPSA) is 97.3 Å². The first-order valence-electron chi connectivity index (χ1n) is 5.54. The molecule has 0 saturated carbocycles. The lowest BCUT2D eigenvalue weighted by Crippen LogP contribution is -2.15. The van der Waals surface area contributed by atoms with Crippen LogP contribution < -0.4 is 5.73 Å². The number of amidine groups is 1. The van der Waals surface area contributed by atoms with Gasteiger partial charge in [0.25, 0.3) is 0 Å². The number of thioether (sulfide) groups is 1. The van der Waals surface area contributed by atoms with Gasteiger partial charge in [0.2, 0.25) is 0 Å². The first-order chi connectivity index (χ1) is 9.19. The summed E-state index contributed by atoms with van der Waals surface area (Å²) in [6, 6.07) is 5.50. The Hall–Kier alpha value is -2.15. The van der Waals surface area contributed by atoms with Gasteiger partial charge < -0.3 is 10.9 Å². The zero-order valence-corrected chi connectivity index (χ0v) is 11.1. The zero-order chi connectivity index (χ0) is 13.7. The van der Waals surface area contributed by atoms with Crippen LogP contribution in [0.5, 0.6) is 0 Å². The molecule has 3 N–H and O–H groups in total. The highest BCUT2D eigenvalue weighted by atomic mass is 32.2. The quantitative estimate of drug-likeness (QED) is 0.219. The van der Waals surface area contributed by atoms with Crippen LogP contribution in [0.3, 0.4) is 0 Å². The molecule has 7 heteroatoms. The highest BCUT2D eigenvalue weighted by Crippen LogP contribution is 2.19. The minimum absolute atomic E-state index is 0.00124. The van der Waals surface area contributed by atoms with E-state index in [0.717, 1.165) is 16.4 Å². The molecule has 0 saturated heterocycles. The van der Waals surface area contributed by atoms with Gasteiger partial charge in [0, 0.05) is 23.8 Å². The average Bonchev–Trinajstić information content (AvgIpc) is 2.45. The van der Waals surface area contributed by atoms with Gasteiger partial charge in [0.1, 0.15) is 5.69 Å². The molecule has 98 valence electrons. The summed E-state index contributed by atoms with van der Waals surface area (Å²) in [6.45, 7) is 1.93. The lowest BCUT2D eigenvalue weighted by molar-refractivity contribution is 0.318. The fourth-order valence-electron chi connectivity index (χ4n) is 1.40. The molecule has 2 rings (SSSR count). The van der Waals surface area contributed by atoms with Crippen molar-refractivity contribution in [3.05, 3.63) is 47.5 Å². The molecule has 0 spiro atoms. The van der Waals surface area contributed by atoms with Crippen LogP contribution in [-0.2, 0) is 5.75 Å². The Balaban J connectivity index is 2.08. The van der Waals surface area contributed by atoms with Crippen molar-refractivity contribution in [2.75, 3.05) is 0 Å². The number of nitrogens with zero attached hydrogens (tertiary/aromatic N) is 4. The van der Waals surface area contributed by atoms with Gasteiger partial charge in [-0.25, -0.2) is 9.97 Å². The zero-order valence-electron chi connectivity index (χ0n) is 10.3. The summed E-state index contributed by atoms with van der Waals surface area (Å²) in [5, 5.41) is 12.3. The summed E-state index contributed by atoms with van der Waals surface area (Å²) in [4.78, 5) is 12.5. The highest BCUT2D eigenvalue weighted by molar-refractivity contribution is 7.98. The molecule has 0 unspecified atom stereocenters. The molecule has 0 aliphatic carbocycles. The van der Waals surface area contributed by atoms with Gasteiger partial charge in [-0.1, -0.05) is 16.9 Å². The first kappa shape index (κ1) is 13.3. The van der Waals surface area contributed by atoms with Crippen molar-refractivity contribution in [3.63, 3.8) is 0 Å². The highest BCUT2D eigenvalue weighted by Gasteiger charge is 2.04. The van der Waals surface area contributed by atoms with Gasteiger partial charge in [-0.2, -0.15) is 0 Å². The molecule has 0 fully saturated rings. The summed E-state index contributed by atoms with van der Waals surface area (Å²) in [5.74, 6) is 0.691. The molecule has 19 heavy (non-hydrogen) atoms. The van der Waals surface area contributed by atoms with Gasteiger partial charge in [-0.05, 0) is 30.7 Å². The number of nitrogens with two attached hydrogens (primary N) is 1. The van der Waals surface area contributed by atoms with Gasteiger partial charge >= 0.3 is 0 Å². The van der Waals surface area contributed by atoms with E-state index in [4.69, 9.17) is 10.9 Å². The Morgan fingerprint density at radius 3 is 2.89 bits per heavy atom. The second-order valence-corrected chi connectivity index (χ2v) is 4.75. The van der Waals surface area contributed by atoms with Gasteiger partial charge in [-0.3, -0.25) is 4.98 Å². The van der Waals surface area contributed by atoms with E-state index in [0.29, 0.717) is 11.4 Å². The normalized spacial score (nSPS) is 11.5. The lowest BCUT2D eigenvalue weighted by Gasteiger charge is -2.03. The van der Waals surface area contributed by atoms with Crippen LogP contribution in [0.1, 0.15) is 17.0 Å². The molecule has 0 aromatic carbocycles. The smallest absolute Gasteiger partial charge is 0.188 e. The van der Waals surface area contributed by atoms with E-state index in [9.17, 15) is 0 Å². The molecule has 0 aliphatic heterocycles. The van der Waals surface area contributed by atoms with Crippen molar-refractivity contribution in [2.24, 2.45) is 10.9 Å². The molecular formula is C12H13N5OS. The fourth-order valence-corrected chi connectivity index (χ4v) is 2.22. The predicted octanol–water partition coefficient (Wildman–Crippen LogP) is 1.57. The number of hydrogen-bond acceptors (Lipinski definition) is 6. The molecule has 0 bridgehead atoms. The van der Waals surface area contributed by atoms with Crippen LogP contribution in [0.2, 0.25) is 0 Å². The van der Waals surface area contributed by atoms with Crippen LogP contribution in [0, 0.1) is 6.92 Å². The van der Waals surface area contributed by atoms with Gasteiger partial charge in [-0.15, -0.1) is 0 Å². The Morgan fingerprint density at radius 1 is 1.37 bits per heavy atom. The maximum Gasteiger partial charge on any atom is 0.188 e. The number of aromatic nitrogens is 3. The molecule has 0 amide bonds. The predicted molar refractivity (Wildman–Crippen MR) is 73.1 cm³/mol. The molecule has 0 aliphatic rings. The van der Waals surface area contributed by atoms with Crippen LogP contribution in [0.15, 0.2) is 40.9 Å². The van der Waals surface area contributed by atoms with Crippen LogP contribution in [0.4, 0.5) is 0 Å². The molecule has 2 heterocycles. The van der Waals surface area contributed by atoms with Crippen molar-refractivity contribution in [1.82, 2.24) is 15.0 Å². The molecule has 6 nitrogen and oxygen atoms in total. The molecular weight excluding hydrogens is 262 g/mol. The summed E-state index contributed by atoms with van der Waals surface area (Å²) in [7, 11) is 0. The van der Waals surface area contributed by atoms with Crippen LogP contribution >= 0.6 is 11.8 Å². The van der Waals surface area contributed by atoms with E-state index in [1.54, 1.807) is 18.5 Å². The van der Waals surface area contributed by atoms with Crippen molar-refractivity contribution < 1.29 is 5.21 Å². The van der Waals surface area contributed by atoms with Gasteiger partial charge in [0.05, 0.1) is 0 Å². The van der Waals surface area contributed by atoms with E-state index in [1.807, 2.05) is 19.1 Å². The summed E-state index contributed by atoms with van der Waals surface area (Å²) in [6.07, 6.45) is 3.36. The number of rotatable bonds is 4. The number of pyridine rings is 1. The van der Waals surface area contributed by atoms with Crippen LogP contribution in [0.25, 0.3) is 0 Å². The fraction of sp³-hybridized carbons (Fsp3) is 0.167. The van der Waals surface area contributed by atoms with Crippen molar-refractivity contribution >= 4 is 17.6 Å². The summed E-state index contributed by atoms with van der Waals surface area (Å²) < 4.78 is 0. The molecule has 0 atom stereocenters. The summed E-state index contributed by atoms with van der Waals surface area (Å²) in [5.41, 5.74) is 7.89. The second kappa shape index (κ2) is 6.14. The van der Waals surface area contributed by atoms with E-state index in [-0.39, 0.29) is 5.84 Å². The molecule has 2 aromatic heterocycles. The minimum atomic E-state index is -0.00124. The van der Waals surface area contributed by atoms with E-state index in [2.05, 4.69) is 20.1 Å². The number of hydrogen-bond donors (Lipinski definition) is 2. The third-order valence-corrected chi connectivity index (χ3v) is 3.27. The third-order valence-electron chi connectivity index (χ3n) is 2.34. The lowest BCUT2D eigenvalue weighted by atomic mass is 10.2. The maximum absolute atomic E-state index is 8.62. The third kappa shape index (κ3) is 3.65. The molecule has 2 aromatic rings. The van der Waals surface area contributed by atoms with Crippen molar-refractivity contribution in [3.8, 4) is 0 Å². The van der Waals surface area contributed by atoms with E-state index < -0.39 is 0 Å². The van der Waals surface area contributed by atoms with Crippen LogP contribution in [-0.4, -0.2) is 26.0 Å². The first-order valence-corrected chi connectivity index (χ1v) is 6.53. The van der Waals surface area contributed by atoms with Crippen molar-refractivity contribution in [1.29, 1.82) is 0 Å². The average molecular weight is 275 g/mol. The van der Waals surface area contributed by atoms with E-state index in [1.165, 1.54) is 11.8 Å². The number of oxime groups is 1. The number of aryl methyl sites for hydroxylation is 1. The minimum Gasteiger partial charge on any atom is -0.409 e. The van der Waals surface area contributed by atoms with Gasteiger partial charge in [0.15, 0.2) is 11.0 Å². The standard InChI is InChI=1S/C12H13N5OS/c1-8-2-4-15-12(16-8)19-7-9-3-5-14-10(6-9)11(13)17-18/h2-6,18H,7H2,1H3,(H2,13,17). The second-order valence-electron chi connectivity index (χ2n) is 3.80. The SMILES string of the molecule is Cc1ccnc(SCc2ccnc(C(N)=NO)c2)n1. The Bertz CT molecular complexity index is 602.